The highest BCUT2D eigenvalue weighted by Gasteiger charge is 2.39. The van der Waals surface area contributed by atoms with Gasteiger partial charge in [-0.1, -0.05) is 55.4 Å². The fraction of sp³-hybridized carbons (Fsp3) is 0.364. The number of aryl methyl sites for hydroxylation is 1. The summed E-state index contributed by atoms with van der Waals surface area (Å²) < 4.78 is 0. The van der Waals surface area contributed by atoms with E-state index in [4.69, 9.17) is 0 Å². The first-order valence-corrected chi connectivity index (χ1v) is 10.3. The van der Waals surface area contributed by atoms with Gasteiger partial charge in [0.2, 0.25) is 0 Å². The number of thioether (sulfide) groups is 1. The molecular weight excluding hydrogens is 338 g/mol. The number of fused-ring (bicyclic) bond motifs is 3. The number of hydrogen-bond donors (Lipinski definition) is 0. The van der Waals surface area contributed by atoms with Crippen molar-refractivity contribution >= 4 is 23.1 Å². The Morgan fingerprint density at radius 3 is 2.81 bits per heavy atom. The Kier molecular flexibility index (Phi) is 4.96. The van der Waals surface area contributed by atoms with Crippen LogP contribution < -0.4 is 4.90 Å². The summed E-state index contributed by atoms with van der Waals surface area (Å²) in [4.78, 5) is 8.81. The first kappa shape index (κ1) is 17.5. The van der Waals surface area contributed by atoms with E-state index < -0.39 is 0 Å². The molecule has 4 rings (SSSR count). The predicted octanol–water partition coefficient (Wildman–Crippen LogP) is 4.65. The minimum absolute atomic E-state index is 0.312. The molecule has 0 bridgehead atoms. The molecule has 1 radical (unpaired) electrons. The van der Waals surface area contributed by atoms with Crippen LogP contribution in [0.3, 0.4) is 0 Å². The van der Waals surface area contributed by atoms with Crippen molar-refractivity contribution in [1.29, 1.82) is 0 Å². The Morgan fingerprint density at radius 2 is 2.04 bits per heavy atom. The standard InChI is InChI=1S/C22H26N3S/c1-4-23(5-2)13-14-24-20(18-10-8-9-17(3)15-18)16-25-19-11-6-7-12-21(19)26-22(24)25/h6,8-12,15-16,22H,4-5,13-14H2,1-3H3. The predicted molar refractivity (Wildman–Crippen MR) is 111 cm³/mol. The van der Waals surface area contributed by atoms with Gasteiger partial charge in [0, 0.05) is 24.2 Å². The van der Waals surface area contributed by atoms with E-state index in [9.17, 15) is 0 Å². The van der Waals surface area contributed by atoms with E-state index in [-0.39, 0.29) is 0 Å². The SMILES string of the molecule is CCN(CC)CCN1C(c2cccc(C)c2)=CN2c3cc[c]cc3SC12. The number of anilines is 1. The molecule has 0 spiro atoms. The highest BCUT2D eigenvalue weighted by atomic mass is 32.2. The maximum atomic E-state index is 3.22. The zero-order valence-electron chi connectivity index (χ0n) is 15.8. The molecular formula is C22H26N3S. The fourth-order valence-corrected chi connectivity index (χ4v) is 5.03. The van der Waals surface area contributed by atoms with Gasteiger partial charge in [-0.3, -0.25) is 0 Å². The van der Waals surface area contributed by atoms with Gasteiger partial charge in [-0.2, -0.15) is 0 Å². The third-order valence-corrected chi connectivity index (χ3v) is 6.53. The molecule has 135 valence electrons. The van der Waals surface area contributed by atoms with E-state index in [0.29, 0.717) is 5.50 Å². The summed E-state index contributed by atoms with van der Waals surface area (Å²) in [5.41, 5.74) is 5.56. The summed E-state index contributed by atoms with van der Waals surface area (Å²) in [6, 6.07) is 18.4. The van der Waals surface area contributed by atoms with Crippen LogP contribution in [-0.4, -0.2) is 41.5 Å². The summed E-state index contributed by atoms with van der Waals surface area (Å²) >= 11 is 1.93. The van der Waals surface area contributed by atoms with Crippen LogP contribution >= 0.6 is 11.8 Å². The van der Waals surface area contributed by atoms with E-state index >= 15 is 0 Å². The van der Waals surface area contributed by atoms with Crippen LogP contribution in [-0.2, 0) is 0 Å². The molecule has 0 aromatic heterocycles. The lowest BCUT2D eigenvalue weighted by Crippen LogP contribution is -2.39. The van der Waals surface area contributed by atoms with Gasteiger partial charge in [-0.05, 0) is 49.8 Å². The topological polar surface area (TPSA) is 9.72 Å². The molecule has 2 aliphatic heterocycles. The molecule has 0 aliphatic carbocycles. The second-order valence-corrected chi connectivity index (χ2v) is 7.95. The monoisotopic (exact) mass is 364 g/mol. The van der Waals surface area contributed by atoms with Crippen LogP contribution in [0.25, 0.3) is 5.70 Å². The second-order valence-electron chi connectivity index (χ2n) is 6.85. The zero-order valence-corrected chi connectivity index (χ0v) is 16.6. The van der Waals surface area contributed by atoms with Crippen LogP contribution in [0.4, 0.5) is 5.69 Å². The van der Waals surface area contributed by atoms with Gasteiger partial charge in [0.15, 0.2) is 5.50 Å². The minimum atomic E-state index is 0.312. The number of hydrogen-bond acceptors (Lipinski definition) is 4. The maximum Gasteiger partial charge on any atom is 0.159 e. The number of benzene rings is 2. The first-order valence-electron chi connectivity index (χ1n) is 9.44. The zero-order chi connectivity index (χ0) is 18.1. The summed E-state index contributed by atoms with van der Waals surface area (Å²) in [5.74, 6) is 0. The molecule has 2 heterocycles. The van der Waals surface area contributed by atoms with Crippen molar-refractivity contribution in [2.24, 2.45) is 0 Å². The van der Waals surface area contributed by atoms with E-state index in [1.165, 1.54) is 27.4 Å². The summed E-state index contributed by atoms with van der Waals surface area (Å²) in [5, 5.41) is 0. The Hall–Kier alpha value is -1.91. The average molecular weight is 365 g/mol. The highest BCUT2D eigenvalue weighted by molar-refractivity contribution is 8.00. The largest absolute Gasteiger partial charge is 0.339 e. The van der Waals surface area contributed by atoms with Crippen molar-refractivity contribution in [2.75, 3.05) is 31.1 Å². The smallest absolute Gasteiger partial charge is 0.159 e. The van der Waals surface area contributed by atoms with Crippen molar-refractivity contribution in [3.63, 3.8) is 0 Å². The van der Waals surface area contributed by atoms with Crippen molar-refractivity contribution in [1.82, 2.24) is 9.80 Å². The lowest BCUT2D eigenvalue weighted by molar-refractivity contribution is 0.262. The molecule has 2 aromatic carbocycles. The van der Waals surface area contributed by atoms with Crippen LogP contribution in [0.5, 0.6) is 0 Å². The van der Waals surface area contributed by atoms with Gasteiger partial charge in [-0.15, -0.1) is 0 Å². The quantitative estimate of drug-likeness (QED) is 0.738. The highest BCUT2D eigenvalue weighted by Crippen LogP contribution is 2.50. The normalized spacial score (nSPS) is 18.3. The van der Waals surface area contributed by atoms with Crippen LogP contribution in [0.15, 0.2) is 53.6 Å². The minimum Gasteiger partial charge on any atom is -0.339 e. The van der Waals surface area contributed by atoms with Crippen molar-refractivity contribution in [3.8, 4) is 0 Å². The van der Waals surface area contributed by atoms with Crippen molar-refractivity contribution < 1.29 is 0 Å². The van der Waals surface area contributed by atoms with Crippen molar-refractivity contribution in [3.05, 3.63) is 65.9 Å². The van der Waals surface area contributed by atoms with Gasteiger partial charge >= 0.3 is 0 Å². The third kappa shape index (κ3) is 3.12. The summed E-state index contributed by atoms with van der Waals surface area (Å²) in [6.45, 7) is 11.0. The molecule has 0 fully saturated rings. The molecule has 3 nitrogen and oxygen atoms in total. The molecule has 4 heteroatoms. The fourth-order valence-electron chi connectivity index (χ4n) is 3.74. The van der Waals surface area contributed by atoms with Gasteiger partial charge < -0.3 is 14.7 Å². The van der Waals surface area contributed by atoms with Crippen LogP contribution in [0.2, 0.25) is 0 Å². The van der Waals surface area contributed by atoms with Gasteiger partial charge in [0.1, 0.15) is 0 Å². The molecule has 1 unspecified atom stereocenters. The van der Waals surface area contributed by atoms with Gasteiger partial charge in [0.25, 0.3) is 0 Å². The molecule has 26 heavy (non-hydrogen) atoms. The molecule has 0 saturated heterocycles. The van der Waals surface area contributed by atoms with E-state index in [1.807, 2.05) is 17.8 Å². The number of rotatable bonds is 6. The summed E-state index contributed by atoms with van der Waals surface area (Å²) in [7, 11) is 0. The molecule has 2 aliphatic rings. The average Bonchev–Trinajstić information content (AvgIpc) is 3.19. The van der Waals surface area contributed by atoms with E-state index in [2.05, 4.69) is 84.1 Å². The third-order valence-electron chi connectivity index (χ3n) is 5.26. The second kappa shape index (κ2) is 7.37. The molecule has 0 amide bonds. The number of nitrogens with zero attached hydrogens (tertiary/aromatic N) is 3. The summed E-state index contributed by atoms with van der Waals surface area (Å²) in [6.07, 6.45) is 2.33. The lowest BCUT2D eigenvalue weighted by Gasteiger charge is -2.31. The lowest BCUT2D eigenvalue weighted by atomic mass is 10.1. The Bertz CT molecular complexity index is 813. The Morgan fingerprint density at radius 1 is 1.19 bits per heavy atom. The van der Waals surface area contributed by atoms with Gasteiger partial charge in [0.05, 0.1) is 11.4 Å². The number of likely N-dealkylation sites (N-methyl/N-ethyl adjacent to an activating group) is 1. The van der Waals surface area contributed by atoms with Crippen LogP contribution in [0, 0.1) is 13.0 Å². The Balaban J connectivity index is 1.67. The van der Waals surface area contributed by atoms with Crippen molar-refractivity contribution in [2.45, 2.75) is 31.2 Å². The van der Waals surface area contributed by atoms with E-state index in [0.717, 1.165) is 26.2 Å². The molecule has 0 N–H and O–H groups in total. The first-order chi connectivity index (χ1) is 12.7. The van der Waals surface area contributed by atoms with Gasteiger partial charge in [-0.25, -0.2) is 0 Å². The maximum absolute atomic E-state index is 3.22. The van der Waals surface area contributed by atoms with Crippen LogP contribution in [0.1, 0.15) is 25.0 Å². The van der Waals surface area contributed by atoms with E-state index in [1.54, 1.807) is 0 Å². The molecule has 0 saturated carbocycles. The molecule has 1 atom stereocenters. The molecule has 2 aromatic rings. The Labute approximate surface area is 161 Å².